The number of primary amides is 1. The largest absolute Gasteiger partial charge is 0.429 e. The second kappa shape index (κ2) is 2.38. The highest BCUT2D eigenvalue weighted by molar-refractivity contribution is 5.85. The molecule has 10 heavy (non-hydrogen) atoms. The summed E-state index contributed by atoms with van der Waals surface area (Å²) in [5.41, 5.74) is 4.78. The fourth-order valence-corrected chi connectivity index (χ4v) is 0.518. The van der Waals surface area contributed by atoms with Crippen LogP contribution in [-0.4, -0.2) is 11.0 Å². The zero-order valence-electron chi connectivity index (χ0n) is 5.42. The lowest BCUT2D eigenvalue weighted by Gasteiger charge is -1.90. The molecule has 1 heterocycles. The molecule has 0 aliphatic carbocycles. The number of urea groups is 1. The summed E-state index contributed by atoms with van der Waals surface area (Å²) in [6.45, 7) is 1.72. The minimum atomic E-state index is -0.679. The van der Waals surface area contributed by atoms with Crippen molar-refractivity contribution in [1.82, 2.24) is 4.98 Å². The topological polar surface area (TPSA) is 81.1 Å². The van der Waals surface area contributed by atoms with E-state index in [1.807, 2.05) is 0 Å². The first kappa shape index (κ1) is 6.60. The van der Waals surface area contributed by atoms with Crippen LogP contribution >= 0.6 is 0 Å². The van der Waals surface area contributed by atoms with Gasteiger partial charge in [-0.25, -0.2) is 9.78 Å². The van der Waals surface area contributed by atoms with Crippen LogP contribution in [0.2, 0.25) is 0 Å². The van der Waals surface area contributed by atoms with Crippen molar-refractivity contribution in [2.75, 3.05) is 5.32 Å². The average molecular weight is 141 g/mol. The molecule has 0 bridgehead atoms. The predicted molar refractivity (Wildman–Crippen MR) is 34.4 cm³/mol. The molecule has 0 radical (unpaired) electrons. The third kappa shape index (κ3) is 1.48. The first-order chi connectivity index (χ1) is 4.68. The Hall–Kier alpha value is -1.52. The first-order valence-electron chi connectivity index (χ1n) is 2.67. The third-order valence-corrected chi connectivity index (χ3v) is 0.851. The van der Waals surface area contributed by atoms with E-state index in [0.29, 0.717) is 5.76 Å². The quantitative estimate of drug-likeness (QED) is 0.596. The van der Waals surface area contributed by atoms with Crippen LogP contribution in [0.25, 0.3) is 0 Å². The van der Waals surface area contributed by atoms with Gasteiger partial charge in [0.1, 0.15) is 5.76 Å². The van der Waals surface area contributed by atoms with Crippen LogP contribution in [0.4, 0.5) is 10.8 Å². The van der Waals surface area contributed by atoms with Crippen LogP contribution in [0.5, 0.6) is 0 Å². The van der Waals surface area contributed by atoms with Gasteiger partial charge >= 0.3 is 12.0 Å². The smallest absolute Gasteiger partial charge is 0.320 e. The Morgan fingerprint density at radius 1 is 1.90 bits per heavy atom. The van der Waals surface area contributed by atoms with E-state index >= 15 is 0 Å². The zero-order chi connectivity index (χ0) is 7.56. The van der Waals surface area contributed by atoms with Crippen LogP contribution in [0, 0.1) is 6.92 Å². The standard InChI is InChI=1S/C5H7N3O2/c1-3-2-7-5(10-3)8-4(6)9/h2H,1H3,(H3,6,7,8,9). The number of hydrogen-bond acceptors (Lipinski definition) is 3. The van der Waals surface area contributed by atoms with Crippen molar-refractivity contribution in [3.63, 3.8) is 0 Å². The normalized spacial score (nSPS) is 9.30. The predicted octanol–water partition coefficient (Wildman–Crippen LogP) is 0.474. The molecular weight excluding hydrogens is 134 g/mol. The number of nitrogens with one attached hydrogen (secondary N) is 1. The summed E-state index contributed by atoms with van der Waals surface area (Å²) in [6, 6.07) is -0.549. The lowest BCUT2D eigenvalue weighted by atomic mass is 10.6. The maximum Gasteiger partial charge on any atom is 0.320 e. The molecule has 2 amide bonds. The molecule has 0 aliphatic rings. The molecule has 1 aromatic heterocycles. The Bertz CT molecular complexity index is 243. The van der Waals surface area contributed by atoms with E-state index in [-0.39, 0.29) is 6.01 Å². The highest BCUT2D eigenvalue weighted by Crippen LogP contribution is 2.05. The van der Waals surface area contributed by atoms with E-state index in [2.05, 4.69) is 10.3 Å². The van der Waals surface area contributed by atoms with Crippen LogP contribution in [0.3, 0.4) is 0 Å². The van der Waals surface area contributed by atoms with Gasteiger partial charge in [0.2, 0.25) is 0 Å². The van der Waals surface area contributed by atoms with Crippen LogP contribution in [0.15, 0.2) is 10.6 Å². The fourth-order valence-electron chi connectivity index (χ4n) is 0.518. The molecule has 5 heteroatoms. The maximum absolute atomic E-state index is 10.2. The Morgan fingerprint density at radius 3 is 3.00 bits per heavy atom. The van der Waals surface area contributed by atoms with E-state index in [9.17, 15) is 4.79 Å². The molecule has 0 aromatic carbocycles. The summed E-state index contributed by atoms with van der Waals surface area (Å²) >= 11 is 0. The molecule has 0 unspecified atom stereocenters. The SMILES string of the molecule is Cc1cnc(NC(N)=O)o1. The summed E-state index contributed by atoms with van der Waals surface area (Å²) in [7, 11) is 0. The number of amides is 2. The Labute approximate surface area is 57.2 Å². The van der Waals surface area contributed by atoms with Crippen molar-refractivity contribution in [2.45, 2.75) is 6.92 Å². The number of carbonyl (C=O) groups excluding carboxylic acids is 1. The van der Waals surface area contributed by atoms with Gasteiger partial charge in [0.25, 0.3) is 0 Å². The molecule has 0 spiro atoms. The zero-order valence-corrected chi connectivity index (χ0v) is 5.42. The van der Waals surface area contributed by atoms with Gasteiger partial charge in [-0.3, -0.25) is 5.32 Å². The lowest BCUT2D eigenvalue weighted by Crippen LogP contribution is -2.19. The van der Waals surface area contributed by atoms with Gasteiger partial charge < -0.3 is 10.2 Å². The van der Waals surface area contributed by atoms with Crippen LogP contribution in [0.1, 0.15) is 5.76 Å². The molecule has 0 aliphatic heterocycles. The van der Waals surface area contributed by atoms with Crippen molar-refractivity contribution in [3.8, 4) is 0 Å². The number of nitrogens with zero attached hydrogens (tertiary/aromatic N) is 1. The number of hydrogen-bond donors (Lipinski definition) is 2. The summed E-state index contributed by atoms with van der Waals surface area (Å²) in [5.74, 6) is 0.628. The van der Waals surface area contributed by atoms with Gasteiger partial charge in [0.15, 0.2) is 0 Å². The monoisotopic (exact) mass is 141 g/mol. The molecule has 0 saturated heterocycles. The van der Waals surface area contributed by atoms with Crippen molar-refractivity contribution in [2.24, 2.45) is 5.73 Å². The molecular formula is C5H7N3O2. The number of aromatic nitrogens is 1. The number of oxazole rings is 1. The summed E-state index contributed by atoms with van der Waals surface area (Å²) < 4.78 is 4.87. The van der Waals surface area contributed by atoms with Crippen molar-refractivity contribution in [1.29, 1.82) is 0 Å². The second-order valence-corrected chi connectivity index (χ2v) is 1.77. The van der Waals surface area contributed by atoms with E-state index in [4.69, 9.17) is 10.2 Å². The molecule has 0 fully saturated rings. The van der Waals surface area contributed by atoms with Gasteiger partial charge in [0.05, 0.1) is 6.20 Å². The molecule has 3 N–H and O–H groups in total. The van der Waals surface area contributed by atoms with Crippen molar-refractivity contribution in [3.05, 3.63) is 12.0 Å². The molecule has 1 rings (SSSR count). The van der Waals surface area contributed by atoms with Gasteiger partial charge in [-0.15, -0.1) is 0 Å². The van der Waals surface area contributed by atoms with E-state index in [1.165, 1.54) is 6.20 Å². The maximum atomic E-state index is 10.2. The first-order valence-corrected chi connectivity index (χ1v) is 2.67. The summed E-state index contributed by atoms with van der Waals surface area (Å²) in [4.78, 5) is 13.9. The Balaban J connectivity index is 2.67. The van der Waals surface area contributed by atoms with E-state index < -0.39 is 6.03 Å². The van der Waals surface area contributed by atoms with Gasteiger partial charge in [-0.1, -0.05) is 0 Å². The Kier molecular flexibility index (Phi) is 1.57. The number of aryl methyl sites for hydroxylation is 1. The summed E-state index contributed by atoms with van der Waals surface area (Å²) in [6.07, 6.45) is 1.49. The van der Waals surface area contributed by atoms with Gasteiger partial charge in [-0.2, -0.15) is 0 Å². The number of anilines is 1. The molecule has 54 valence electrons. The van der Waals surface area contributed by atoms with Gasteiger partial charge in [-0.05, 0) is 6.92 Å². The van der Waals surface area contributed by atoms with Crippen LogP contribution < -0.4 is 11.1 Å². The molecule has 1 aromatic rings. The van der Waals surface area contributed by atoms with Crippen molar-refractivity contribution >= 4 is 12.0 Å². The number of carbonyl (C=O) groups is 1. The Morgan fingerprint density at radius 2 is 2.60 bits per heavy atom. The van der Waals surface area contributed by atoms with Crippen molar-refractivity contribution < 1.29 is 9.21 Å². The fraction of sp³-hybridized carbons (Fsp3) is 0.200. The molecule has 5 nitrogen and oxygen atoms in total. The minimum Gasteiger partial charge on any atom is -0.429 e. The molecule has 0 atom stereocenters. The highest BCUT2D eigenvalue weighted by atomic mass is 16.4. The van der Waals surface area contributed by atoms with E-state index in [0.717, 1.165) is 0 Å². The minimum absolute atomic E-state index is 0.130. The third-order valence-electron chi connectivity index (χ3n) is 0.851. The number of nitrogens with two attached hydrogens (primary N) is 1. The molecule has 0 saturated carbocycles. The van der Waals surface area contributed by atoms with Crippen LogP contribution in [-0.2, 0) is 0 Å². The lowest BCUT2D eigenvalue weighted by molar-refractivity contribution is 0.258. The highest BCUT2D eigenvalue weighted by Gasteiger charge is 2.00. The number of rotatable bonds is 1. The summed E-state index contributed by atoms with van der Waals surface area (Å²) in [5, 5.41) is 2.19. The second-order valence-electron chi connectivity index (χ2n) is 1.77. The van der Waals surface area contributed by atoms with Gasteiger partial charge in [0, 0.05) is 0 Å². The van der Waals surface area contributed by atoms with E-state index in [1.54, 1.807) is 6.92 Å². The average Bonchev–Trinajstić information content (AvgIpc) is 2.13.